The summed E-state index contributed by atoms with van der Waals surface area (Å²) in [7, 11) is -0.630. The van der Waals surface area contributed by atoms with Gasteiger partial charge in [0.2, 0.25) is 10.0 Å². The third-order valence-corrected chi connectivity index (χ3v) is 5.15. The van der Waals surface area contributed by atoms with Gasteiger partial charge >= 0.3 is 5.69 Å². The standard InChI is InChI=1S/C10H13N5O3S2/c1-12-20(17,18)6-3-4-8(7(11)5-6)19-10-14-13-9(16)15(10)2/h3-5,12H,11H2,1-2H3,(H,13,16). The Balaban J connectivity index is 2.36. The number of anilines is 1. The minimum atomic E-state index is -3.53. The summed E-state index contributed by atoms with van der Waals surface area (Å²) < 4.78 is 26.8. The van der Waals surface area contributed by atoms with Crippen molar-refractivity contribution in [2.24, 2.45) is 7.05 Å². The van der Waals surface area contributed by atoms with Crippen molar-refractivity contribution < 1.29 is 8.42 Å². The van der Waals surface area contributed by atoms with Gasteiger partial charge in [0.15, 0.2) is 5.16 Å². The highest BCUT2D eigenvalue weighted by Crippen LogP contribution is 2.31. The molecule has 0 fully saturated rings. The smallest absolute Gasteiger partial charge is 0.343 e. The van der Waals surface area contributed by atoms with Gasteiger partial charge in [-0.15, -0.1) is 5.10 Å². The third-order valence-electron chi connectivity index (χ3n) is 2.60. The Morgan fingerprint density at radius 2 is 2.15 bits per heavy atom. The normalized spacial score (nSPS) is 11.7. The highest BCUT2D eigenvalue weighted by Gasteiger charge is 2.14. The van der Waals surface area contributed by atoms with Crippen molar-refractivity contribution in [1.29, 1.82) is 0 Å². The third kappa shape index (κ3) is 2.71. The second-order valence-electron chi connectivity index (χ2n) is 3.88. The predicted octanol–water partition coefficient (Wildman–Crippen LogP) is -0.250. The minimum Gasteiger partial charge on any atom is -0.398 e. The summed E-state index contributed by atoms with van der Waals surface area (Å²) >= 11 is 1.17. The molecule has 0 amide bonds. The zero-order chi connectivity index (χ0) is 14.9. The van der Waals surface area contributed by atoms with Crippen molar-refractivity contribution in [1.82, 2.24) is 19.5 Å². The number of nitrogen functional groups attached to an aromatic ring is 1. The number of benzene rings is 1. The number of aromatic nitrogens is 3. The monoisotopic (exact) mass is 315 g/mol. The van der Waals surface area contributed by atoms with Gasteiger partial charge in [0.25, 0.3) is 0 Å². The molecule has 1 heterocycles. The van der Waals surface area contributed by atoms with Crippen LogP contribution in [0.1, 0.15) is 0 Å². The van der Waals surface area contributed by atoms with Crippen LogP contribution in [0.2, 0.25) is 0 Å². The van der Waals surface area contributed by atoms with E-state index in [1.54, 1.807) is 13.1 Å². The molecule has 108 valence electrons. The molecule has 0 aliphatic carbocycles. The number of nitrogens with zero attached hydrogens (tertiary/aromatic N) is 2. The first-order chi connectivity index (χ1) is 9.35. The first kappa shape index (κ1) is 14.6. The summed E-state index contributed by atoms with van der Waals surface area (Å²) in [4.78, 5) is 11.9. The van der Waals surface area contributed by atoms with E-state index in [1.165, 1.54) is 35.5 Å². The molecule has 2 rings (SSSR count). The van der Waals surface area contributed by atoms with Gasteiger partial charge in [0, 0.05) is 17.6 Å². The number of hydrogen-bond donors (Lipinski definition) is 3. The Morgan fingerprint density at radius 1 is 1.45 bits per heavy atom. The van der Waals surface area contributed by atoms with E-state index in [1.807, 2.05) is 0 Å². The number of hydrogen-bond acceptors (Lipinski definition) is 6. The number of nitrogens with two attached hydrogens (primary N) is 1. The average Bonchev–Trinajstić information content (AvgIpc) is 2.73. The summed E-state index contributed by atoms with van der Waals surface area (Å²) in [6, 6.07) is 4.37. The molecular weight excluding hydrogens is 302 g/mol. The number of H-pyrrole nitrogens is 1. The maximum atomic E-state index is 11.6. The molecule has 0 radical (unpaired) electrons. The van der Waals surface area contributed by atoms with Crippen molar-refractivity contribution >= 4 is 27.5 Å². The van der Waals surface area contributed by atoms with Crippen LogP contribution in [0.4, 0.5) is 5.69 Å². The number of aromatic amines is 1. The summed E-state index contributed by atoms with van der Waals surface area (Å²) in [5, 5.41) is 6.59. The molecule has 0 unspecified atom stereocenters. The van der Waals surface area contributed by atoms with Gasteiger partial charge in [-0.1, -0.05) is 0 Å². The molecule has 0 saturated heterocycles. The maximum absolute atomic E-state index is 11.6. The summed E-state index contributed by atoms with van der Waals surface area (Å²) in [6.07, 6.45) is 0. The van der Waals surface area contributed by atoms with Crippen LogP contribution >= 0.6 is 11.8 Å². The molecule has 0 atom stereocenters. The van der Waals surface area contributed by atoms with Crippen LogP contribution in [0.15, 0.2) is 37.9 Å². The Morgan fingerprint density at radius 3 is 2.65 bits per heavy atom. The molecule has 0 aliphatic heterocycles. The fourth-order valence-electron chi connectivity index (χ4n) is 1.43. The van der Waals surface area contributed by atoms with Crippen LogP contribution in [0.5, 0.6) is 0 Å². The lowest BCUT2D eigenvalue weighted by atomic mass is 10.3. The van der Waals surface area contributed by atoms with Gasteiger partial charge in [0.1, 0.15) is 0 Å². The van der Waals surface area contributed by atoms with Crippen LogP contribution in [0.3, 0.4) is 0 Å². The molecule has 0 spiro atoms. The largest absolute Gasteiger partial charge is 0.398 e. The molecule has 4 N–H and O–H groups in total. The van der Waals surface area contributed by atoms with E-state index in [-0.39, 0.29) is 10.6 Å². The molecule has 0 bridgehead atoms. The van der Waals surface area contributed by atoms with Crippen molar-refractivity contribution in [3.05, 3.63) is 28.7 Å². The molecule has 1 aromatic heterocycles. The van der Waals surface area contributed by atoms with Crippen molar-refractivity contribution in [2.45, 2.75) is 14.9 Å². The second-order valence-corrected chi connectivity index (χ2v) is 6.78. The first-order valence-electron chi connectivity index (χ1n) is 5.47. The minimum absolute atomic E-state index is 0.0813. The molecule has 2 aromatic rings. The Bertz CT molecular complexity index is 793. The fourth-order valence-corrected chi connectivity index (χ4v) is 3.01. The summed E-state index contributed by atoms with van der Waals surface area (Å²) in [5.41, 5.74) is 5.80. The number of rotatable bonds is 4. The number of sulfonamides is 1. The van der Waals surface area contributed by atoms with E-state index >= 15 is 0 Å². The molecule has 0 aliphatic rings. The number of nitrogens with one attached hydrogen (secondary N) is 2. The van der Waals surface area contributed by atoms with Gasteiger partial charge in [-0.2, -0.15) is 0 Å². The van der Waals surface area contributed by atoms with E-state index in [2.05, 4.69) is 14.9 Å². The van der Waals surface area contributed by atoms with Crippen LogP contribution in [-0.2, 0) is 17.1 Å². The van der Waals surface area contributed by atoms with Crippen LogP contribution in [0, 0.1) is 0 Å². The van der Waals surface area contributed by atoms with Crippen LogP contribution in [-0.4, -0.2) is 30.2 Å². The molecule has 1 aromatic carbocycles. The fraction of sp³-hybridized carbons (Fsp3) is 0.200. The van der Waals surface area contributed by atoms with Crippen molar-refractivity contribution in [2.75, 3.05) is 12.8 Å². The van der Waals surface area contributed by atoms with Crippen molar-refractivity contribution in [3.63, 3.8) is 0 Å². The van der Waals surface area contributed by atoms with Gasteiger partial charge in [-0.3, -0.25) is 4.57 Å². The first-order valence-corrected chi connectivity index (χ1v) is 7.77. The maximum Gasteiger partial charge on any atom is 0.343 e. The molecule has 20 heavy (non-hydrogen) atoms. The van der Waals surface area contributed by atoms with Gasteiger partial charge < -0.3 is 5.73 Å². The van der Waals surface area contributed by atoms with E-state index in [0.29, 0.717) is 15.7 Å². The highest BCUT2D eigenvalue weighted by atomic mass is 32.2. The molecule has 8 nitrogen and oxygen atoms in total. The zero-order valence-electron chi connectivity index (χ0n) is 10.7. The van der Waals surface area contributed by atoms with E-state index in [0.717, 1.165) is 0 Å². The van der Waals surface area contributed by atoms with Gasteiger partial charge in [-0.25, -0.2) is 23.0 Å². The summed E-state index contributed by atoms with van der Waals surface area (Å²) in [6.45, 7) is 0. The Labute approximate surface area is 119 Å². The van der Waals surface area contributed by atoms with E-state index in [9.17, 15) is 13.2 Å². The van der Waals surface area contributed by atoms with Crippen LogP contribution < -0.4 is 16.1 Å². The predicted molar refractivity (Wildman–Crippen MR) is 75.1 cm³/mol. The topological polar surface area (TPSA) is 123 Å². The Kier molecular flexibility index (Phi) is 3.88. The molecular formula is C10H13N5O3S2. The quantitative estimate of drug-likeness (QED) is 0.669. The highest BCUT2D eigenvalue weighted by molar-refractivity contribution is 7.99. The lowest BCUT2D eigenvalue weighted by Gasteiger charge is -2.07. The molecule has 0 saturated carbocycles. The lowest BCUT2D eigenvalue weighted by molar-refractivity contribution is 0.588. The second kappa shape index (κ2) is 5.31. The van der Waals surface area contributed by atoms with Crippen LogP contribution in [0.25, 0.3) is 0 Å². The Hall–Kier alpha value is -1.78. The van der Waals surface area contributed by atoms with Gasteiger partial charge in [0.05, 0.1) is 4.90 Å². The van der Waals surface area contributed by atoms with E-state index in [4.69, 9.17) is 5.73 Å². The lowest BCUT2D eigenvalue weighted by Crippen LogP contribution is -2.18. The SMILES string of the molecule is CNS(=O)(=O)c1ccc(Sc2n[nH]c(=O)n2C)c(N)c1. The molecule has 10 heteroatoms. The summed E-state index contributed by atoms with van der Waals surface area (Å²) in [5.74, 6) is 0. The van der Waals surface area contributed by atoms with Gasteiger partial charge in [-0.05, 0) is 37.0 Å². The van der Waals surface area contributed by atoms with E-state index < -0.39 is 10.0 Å². The average molecular weight is 315 g/mol. The zero-order valence-corrected chi connectivity index (χ0v) is 12.4. The van der Waals surface area contributed by atoms with Crippen molar-refractivity contribution in [3.8, 4) is 0 Å².